The van der Waals surface area contributed by atoms with Gasteiger partial charge in [-0.1, -0.05) is 0 Å². The second kappa shape index (κ2) is 3.10. The van der Waals surface area contributed by atoms with E-state index in [1.54, 1.807) is 0 Å². The van der Waals surface area contributed by atoms with E-state index in [-0.39, 0.29) is 0 Å². The van der Waals surface area contributed by atoms with Crippen LogP contribution in [0.3, 0.4) is 0 Å². The highest BCUT2D eigenvalue weighted by atomic mass is 15.0. The Hall–Kier alpha value is -1.81. The zero-order valence-electron chi connectivity index (χ0n) is 8.25. The number of hydrogen-bond donors (Lipinski definition) is 3. The molecule has 0 unspecified atom stereocenters. The van der Waals surface area contributed by atoms with Gasteiger partial charge in [-0.05, 0) is 24.3 Å². The fraction of sp³-hybridized carbons (Fsp3) is 0.182. The van der Waals surface area contributed by atoms with Crippen LogP contribution in [-0.4, -0.2) is 9.97 Å². The summed E-state index contributed by atoms with van der Waals surface area (Å²) >= 11 is 0. The molecule has 0 saturated heterocycles. The van der Waals surface area contributed by atoms with Crippen molar-refractivity contribution in [1.29, 1.82) is 0 Å². The summed E-state index contributed by atoms with van der Waals surface area (Å²) in [7, 11) is 0. The predicted molar refractivity (Wildman–Crippen MR) is 59.0 cm³/mol. The first-order valence-electron chi connectivity index (χ1n) is 4.97. The number of anilines is 1. The number of H-pyrrole nitrogens is 1. The molecule has 0 saturated carbocycles. The van der Waals surface area contributed by atoms with Crippen LogP contribution in [0.4, 0.5) is 5.69 Å². The normalized spacial score (nSPS) is 14.1. The molecule has 1 aliphatic rings. The fourth-order valence-electron chi connectivity index (χ4n) is 1.82. The van der Waals surface area contributed by atoms with Crippen molar-refractivity contribution in [3.63, 3.8) is 0 Å². The predicted octanol–water partition coefficient (Wildman–Crippen LogP) is 1.26. The lowest BCUT2D eigenvalue weighted by molar-refractivity contribution is 0.744. The van der Waals surface area contributed by atoms with Crippen LogP contribution in [0.25, 0.3) is 11.4 Å². The average molecular weight is 200 g/mol. The third-order valence-electron chi connectivity index (χ3n) is 2.64. The van der Waals surface area contributed by atoms with Gasteiger partial charge in [-0.3, -0.25) is 0 Å². The van der Waals surface area contributed by atoms with Gasteiger partial charge in [-0.15, -0.1) is 0 Å². The van der Waals surface area contributed by atoms with Crippen LogP contribution < -0.4 is 11.1 Å². The van der Waals surface area contributed by atoms with Crippen LogP contribution in [0.5, 0.6) is 0 Å². The topological polar surface area (TPSA) is 66.7 Å². The number of rotatable bonds is 1. The van der Waals surface area contributed by atoms with Crippen molar-refractivity contribution in [1.82, 2.24) is 15.3 Å². The zero-order valence-corrected chi connectivity index (χ0v) is 8.25. The van der Waals surface area contributed by atoms with Crippen molar-refractivity contribution in [2.24, 2.45) is 0 Å². The molecule has 2 heterocycles. The Labute approximate surface area is 87.5 Å². The largest absolute Gasteiger partial charge is 0.399 e. The van der Waals surface area contributed by atoms with Gasteiger partial charge in [0.2, 0.25) is 0 Å². The summed E-state index contributed by atoms with van der Waals surface area (Å²) in [6, 6.07) is 7.75. The lowest BCUT2D eigenvalue weighted by atomic mass is 10.2. The van der Waals surface area contributed by atoms with E-state index in [1.165, 1.54) is 5.69 Å². The number of nitrogen functional groups attached to an aromatic ring is 1. The lowest BCUT2D eigenvalue weighted by Crippen LogP contribution is -2.02. The number of hydrogen-bond acceptors (Lipinski definition) is 3. The number of aromatic nitrogens is 2. The van der Waals surface area contributed by atoms with Crippen molar-refractivity contribution in [3.05, 3.63) is 35.7 Å². The first-order chi connectivity index (χ1) is 7.33. The molecule has 0 bridgehead atoms. The van der Waals surface area contributed by atoms with E-state index in [4.69, 9.17) is 5.73 Å². The van der Waals surface area contributed by atoms with Crippen molar-refractivity contribution in [3.8, 4) is 11.4 Å². The fourth-order valence-corrected chi connectivity index (χ4v) is 1.82. The minimum absolute atomic E-state index is 0.777. The summed E-state index contributed by atoms with van der Waals surface area (Å²) in [6.45, 7) is 1.75. The van der Waals surface area contributed by atoms with Crippen LogP contribution in [0, 0.1) is 0 Å². The van der Waals surface area contributed by atoms with Crippen LogP contribution in [0.1, 0.15) is 11.4 Å². The Morgan fingerprint density at radius 3 is 2.67 bits per heavy atom. The molecule has 1 aliphatic heterocycles. The molecule has 0 radical (unpaired) electrons. The van der Waals surface area contributed by atoms with Crippen LogP contribution in [-0.2, 0) is 13.1 Å². The van der Waals surface area contributed by atoms with E-state index >= 15 is 0 Å². The van der Waals surface area contributed by atoms with E-state index in [0.717, 1.165) is 35.9 Å². The first-order valence-corrected chi connectivity index (χ1v) is 4.97. The summed E-state index contributed by atoms with van der Waals surface area (Å²) in [6.07, 6.45) is 0. The Balaban J connectivity index is 2.02. The molecule has 0 fully saturated rings. The zero-order chi connectivity index (χ0) is 10.3. The molecule has 15 heavy (non-hydrogen) atoms. The first kappa shape index (κ1) is 8.49. The van der Waals surface area contributed by atoms with E-state index in [2.05, 4.69) is 15.3 Å². The quantitative estimate of drug-likeness (QED) is 0.607. The maximum absolute atomic E-state index is 5.64. The van der Waals surface area contributed by atoms with E-state index < -0.39 is 0 Å². The monoisotopic (exact) mass is 200 g/mol. The molecule has 76 valence electrons. The highest BCUT2D eigenvalue weighted by Gasteiger charge is 2.15. The molecule has 0 spiro atoms. The maximum Gasteiger partial charge on any atom is 0.137 e. The van der Waals surface area contributed by atoms with E-state index in [1.807, 2.05) is 24.3 Å². The van der Waals surface area contributed by atoms with Gasteiger partial charge in [0.1, 0.15) is 5.82 Å². The summed E-state index contributed by atoms with van der Waals surface area (Å²) in [5, 5.41) is 3.24. The number of nitrogens with two attached hydrogens (primary N) is 1. The van der Waals surface area contributed by atoms with Gasteiger partial charge in [0, 0.05) is 24.3 Å². The molecular weight excluding hydrogens is 188 g/mol. The standard InChI is InChI=1S/C11H12N4/c12-8-3-1-7(2-4-8)11-14-9-5-13-6-10(9)15-11/h1-4,13H,5-6,12H2,(H,14,15). The number of nitrogens with one attached hydrogen (secondary N) is 2. The highest BCUT2D eigenvalue weighted by Crippen LogP contribution is 2.21. The SMILES string of the molecule is Nc1ccc(-c2nc3c([nH]2)CNC3)cc1. The Morgan fingerprint density at radius 2 is 1.93 bits per heavy atom. The molecule has 3 rings (SSSR count). The molecule has 0 amide bonds. The minimum atomic E-state index is 0.777. The molecule has 4 N–H and O–H groups in total. The Kier molecular flexibility index (Phi) is 1.76. The highest BCUT2D eigenvalue weighted by molar-refractivity contribution is 5.59. The van der Waals surface area contributed by atoms with Gasteiger partial charge in [0.05, 0.1) is 11.4 Å². The van der Waals surface area contributed by atoms with Gasteiger partial charge in [0.25, 0.3) is 0 Å². The molecule has 1 aromatic heterocycles. The van der Waals surface area contributed by atoms with Crippen LogP contribution >= 0.6 is 0 Å². The van der Waals surface area contributed by atoms with E-state index in [9.17, 15) is 0 Å². The maximum atomic E-state index is 5.64. The molecule has 4 heteroatoms. The molecule has 1 aromatic carbocycles. The second-order valence-electron chi connectivity index (χ2n) is 3.74. The molecule has 0 atom stereocenters. The van der Waals surface area contributed by atoms with E-state index in [0.29, 0.717) is 0 Å². The Bertz CT molecular complexity index is 462. The number of benzene rings is 1. The second-order valence-corrected chi connectivity index (χ2v) is 3.74. The number of aromatic amines is 1. The van der Waals surface area contributed by atoms with Crippen molar-refractivity contribution in [2.45, 2.75) is 13.1 Å². The van der Waals surface area contributed by atoms with Gasteiger partial charge >= 0.3 is 0 Å². The van der Waals surface area contributed by atoms with Gasteiger partial charge < -0.3 is 16.0 Å². The summed E-state index contributed by atoms with van der Waals surface area (Å²) in [4.78, 5) is 7.85. The molecule has 2 aromatic rings. The van der Waals surface area contributed by atoms with Gasteiger partial charge in [0.15, 0.2) is 0 Å². The number of imidazole rings is 1. The van der Waals surface area contributed by atoms with Crippen molar-refractivity contribution < 1.29 is 0 Å². The lowest BCUT2D eigenvalue weighted by Gasteiger charge is -1.98. The number of fused-ring (bicyclic) bond motifs is 1. The molecule has 0 aliphatic carbocycles. The third-order valence-corrected chi connectivity index (χ3v) is 2.64. The van der Waals surface area contributed by atoms with Crippen LogP contribution in [0.15, 0.2) is 24.3 Å². The third kappa shape index (κ3) is 1.39. The minimum Gasteiger partial charge on any atom is -0.399 e. The van der Waals surface area contributed by atoms with Gasteiger partial charge in [-0.25, -0.2) is 4.98 Å². The van der Waals surface area contributed by atoms with Crippen molar-refractivity contribution in [2.75, 3.05) is 5.73 Å². The molecular formula is C11H12N4. The molecule has 4 nitrogen and oxygen atoms in total. The number of nitrogens with zero attached hydrogens (tertiary/aromatic N) is 1. The van der Waals surface area contributed by atoms with Crippen molar-refractivity contribution >= 4 is 5.69 Å². The smallest absolute Gasteiger partial charge is 0.137 e. The summed E-state index contributed by atoms with van der Waals surface area (Å²) < 4.78 is 0. The van der Waals surface area contributed by atoms with Crippen LogP contribution in [0.2, 0.25) is 0 Å². The summed E-state index contributed by atoms with van der Waals surface area (Å²) in [5.74, 6) is 0.932. The average Bonchev–Trinajstić information content (AvgIpc) is 2.78. The van der Waals surface area contributed by atoms with Gasteiger partial charge in [-0.2, -0.15) is 0 Å². The summed E-state index contributed by atoms with van der Waals surface area (Å²) in [5.41, 5.74) is 9.82. The Morgan fingerprint density at radius 1 is 1.13 bits per heavy atom.